The molecule has 9 heteroatoms. The Morgan fingerprint density at radius 1 is 1.15 bits per heavy atom. The summed E-state index contributed by atoms with van der Waals surface area (Å²) < 4.78 is 10.0. The zero-order valence-corrected chi connectivity index (χ0v) is 16.1. The molecule has 146 valence electrons. The molecule has 5 atom stereocenters. The summed E-state index contributed by atoms with van der Waals surface area (Å²) in [5.74, 6) is -3.66. The van der Waals surface area contributed by atoms with E-state index < -0.39 is 41.0 Å². The zero-order valence-electron chi connectivity index (χ0n) is 15.3. The molecule has 1 aliphatic carbocycles. The van der Waals surface area contributed by atoms with Gasteiger partial charge in [0, 0.05) is 12.3 Å². The molecule has 3 rings (SSSR count). The third-order valence-electron chi connectivity index (χ3n) is 5.39. The second-order valence-electron chi connectivity index (χ2n) is 7.15. The van der Waals surface area contributed by atoms with Gasteiger partial charge in [-0.3, -0.25) is 15.0 Å². The van der Waals surface area contributed by atoms with Crippen LogP contribution in [0.5, 0.6) is 0 Å². The van der Waals surface area contributed by atoms with Crippen LogP contribution in [0.2, 0.25) is 0 Å². The van der Waals surface area contributed by atoms with E-state index in [1.165, 1.54) is 14.2 Å². The number of hydrogen-bond donors (Lipinski definition) is 4. The average molecular weight is 393 g/mol. The van der Waals surface area contributed by atoms with Crippen LogP contribution in [0, 0.1) is 11.8 Å². The van der Waals surface area contributed by atoms with Crippen LogP contribution in [-0.2, 0) is 19.1 Å². The van der Waals surface area contributed by atoms with E-state index in [0.29, 0.717) is 10.7 Å². The number of benzene rings is 1. The largest absolute Gasteiger partial charge is 0.469 e. The van der Waals surface area contributed by atoms with Crippen LogP contribution in [0.15, 0.2) is 30.3 Å². The van der Waals surface area contributed by atoms with Crippen molar-refractivity contribution in [2.24, 2.45) is 11.8 Å². The number of hydrogen-bond acceptors (Lipinski definition) is 7. The van der Waals surface area contributed by atoms with Crippen LogP contribution >= 0.6 is 12.2 Å². The van der Waals surface area contributed by atoms with E-state index in [0.717, 1.165) is 0 Å². The van der Waals surface area contributed by atoms with Crippen LogP contribution in [0.1, 0.15) is 24.8 Å². The maximum atomic E-state index is 12.9. The second kappa shape index (κ2) is 7.06. The summed E-state index contributed by atoms with van der Waals surface area (Å²) in [7, 11) is 2.55. The molecule has 27 heavy (non-hydrogen) atoms. The van der Waals surface area contributed by atoms with Gasteiger partial charge in [0.25, 0.3) is 0 Å². The Kier molecular flexibility index (Phi) is 5.11. The lowest BCUT2D eigenvalue weighted by Gasteiger charge is -2.52. The number of hydrazine groups is 1. The van der Waals surface area contributed by atoms with Gasteiger partial charge >= 0.3 is 11.9 Å². The van der Waals surface area contributed by atoms with Crippen molar-refractivity contribution in [3.63, 3.8) is 0 Å². The molecule has 0 bridgehead atoms. The Morgan fingerprint density at radius 2 is 1.74 bits per heavy atom. The minimum atomic E-state index is -1.49. The normalized spacial score (nSPS) is 35.3. The highest BCUT2D eigenvalue weighted by molar-refractivity contribution is 7.80. The molecule has 4 N–H and O–H groups in total. The number of thiocarbonyl (C=S) groups is 1. The number of carbonyl (C=O) groups is 2. The minimum Gasteiger partial charge on any atom is -0.469 e. The van der Waals surface area contributed by atoms with Crippen molar-refractivity contribution < 1.29 is 24.2 Å². The Balaban J connectivity index is 2.22. The first-order chi connectivity index (χ1) is 12.8. The summed E-state index contributed by atoms with van der Waals surface area (Å²) in [4.78, 5) is 25.6. The molecular formula is C18H23N3O5S. The summed E-state index contributed by atoms with van der Waals surface area (Å²) in [5, 5.41) is 14.6. The molecule has 1 spiro atoms. The first kappa shape index (κ1) is 19.5. The number of methoxy groups -OCH3 is 2. The van der Waals surface area contributed by atoms with Crippen molar-refractivity contribution in [3.05, 3.63) is 35.9 Å². The minimum absolute atomic E-state index is 0.0238. The molecule has 0 aromatic heterocycles. The lowest BCUT2D eigenvalue weighted by atomic mass is 9.58. The summed E-state index contributed by atoms with van der Waals surface area (Å²) in [6.45, 7) is 1.56. The monoisotopic (exact) mass is 393 g/mol. The van der Waals surface area contributed by atoms with E-state index in [2.05, 4.69) is 16.2 Å². The molecule has 1 aromatic rings. The predicted octanol–water partition coefficient (Wildman–Crippen LogP) is 0.182. The third kappa shape index (κ3) is 3.26. The number of ether oxygens (including phenoxy) is 2. The van der Waals surface area contributed by atoms with E-state index in [9.17, 15) is 14.7 Å². The van der Waals surface area contributed by atoms with Gasteiger partial charge in [-0.2, -0.15) is 0 Å². The smallest absolute Gasteiger partial charge is 0.313 e. The van der Waals surface area contributed by atoms with Gasteiger partial charge in [-0.15, -0.1) is 0 Å². The summed E-state index contributed by atoms with van der Waals surface area (Å²) in [5.41, 5.74) is 3.90. The van der Waals surface area contributed by atoms with E-state index in [-0.39, 0.29) is 6.42 Å². The summed E-state index contributed by atoms with van der Waals surface area (Å²) >= 11 is 5.17. The fourth-order valence-electron chi connectivity index (χ4n) is 4.41. The standard InChI is InChI=1S/C18H23N3O5S/c1-17(24)9-18(19-16(27)20-21-18)13(15(23)26-3)11(12(17)14(22)25-2)10-7-5-4-6-8-10/h4-8,11-13,21,24H,9H2,1-3H3,(H2,19,20,27)/t11-,12-,13+,17-,18-/m0/s1. The van der Waals surface area contributed by atoms with Gasteiger partial charge in [-0.1, -0.05) is 30.3 Å². The second-order valence-corrected chi connectivity index (χ2v) is 7.56. The van der Waals surface area contributed by atoms with E-state index >= 15 is 0 Å². The van der Waals surface area contributed by atoms with Crippen LogP contribution < -0.4 is 16.2 Å². The highest BCUT2D eigenvalue weighted by Gasteiger charge is 2.65. The molecule has 1 saturated heterocycles. The Hall–Kier alpha value is -2.23. The van der Waals surface area contributed by atoms with Crippen molar-refractivity contribution in [3.8, 4) is 0 Å². The Morgan fingerprint density at radius 3 is 2.26 bits per heavy atom. The van der Waals surface area contributed by atoms with Gasteiger partial charge < -0.3 is 19.9 Å². The summed E-state index contributed by atoms with van der Waals surface area (Å²) in [6, 6.07) is 9.08. The number of nitrogens with one attached hydrogen (secondary N) is 3. The molecule has 8 nitrogen and oxygen atoms in total. The van der Waals surface area contributed by atoms with Crippen molar-refractivity contribution in [1.82, 2.24) is 16.2 Å². The topological polar surface area (TPSA) is 109 Å². The molecular weight excluding hydrogens is 370 g/mol. The summed E-state index contributed by atoms with van der Waals surface area (Å²) in [6.07, 6.45) is 0.0238. The molecule has 0 radical (unpaired) electrons. The molecule has 2 aliphatic rings. The van der Waals surface area contributed by atoms with Gasteiger partial charge in [0.05, 0.1) is 25.7 Å². The van der Waals surface area contributed by atoms with Crippen LogP contribution in [0.4, 0.5) is 0 Å². The van der Waals surface area contributed by atoms with Crippen molar-refractivity contribution in [2.45, 2.75) is 30.5 Å². The molecule has 1 saturated carbocycles. The van der Waals surface area contributed by atoms with Crippen molar-refractivity contribution in [2.75, 3.05) is 14.2 Å². The van der Waals surface area contributed by atoms with Gasteiger partial charge in [0.2, 0.25) is 0 Å². The van der Waals surface area contributed by atoms with Crippen LogP contribution in [0.25, 0.3) is 0 Å². The van der Waals surface area contributed by atoms with Crippen molar-refractivity contribution >= 4 is 29.3 Å². The number of aliphatic hydroxyl groups is 1. The SMILES string of the molecule is COC(=O)[C@@H]1[C@H](c2ccccc2)[C@H](C(=O)OC)[C@]2(C[C@]1(C)O)NNC(=S)N2. The highest BCUT2D eigenvalue weighted by Crippen LogP contribution is 2.51. The van der Waals surface area contributed by atoms with E-state index in [1.54, 1.807) is 6.92 Å². The highest BCUT2D eigenvalue weighted by atomic mass is 32.1. The molecule has 1 aromatic carbocycles. The van der Waals surface area contributed by atoms with Crippen LogP contribution in [0.3, 0.4) is 0 Å². The van der Waals surface area contributed by atoms with Gasteiger partial charge in [0.1, 0.15) is 11.6 Å². The molecule has 0 amide bonds. The van der Waals surface area contributed by atoms with Crippen LogP contribution in [-0.4, -0.2) is 47.6 Å². The average Bonchev–Trinajstić information content (AvgIpc) is 3.00. The van der Waals surface area contributed by atoms with Gasteiger partial charge in [-0.05, 0) is 24.7 Å². The number of esters is 2. The van der Waals surface area contributed by atoms with Crippen molar-refractivity contribution in [1.29, 1.82) is 0 Å². The lowest BCUT2D eigenvalue weighted by Crippen LogP contribution is -2.70. The number of rotatable bonds is 3. The predicted molar refractivity (Wildman–Crippen MR) is 100 cm³/mol. The lowest BCUT2D eigenvalue weighted by molar-refractivity contribution is -0.177. The maximum Gasteiger partial charge on any atom is 0.313 e. The van der Waals surface area contributed by atoms with E-state index in [1.807, 2.05) is 30.3 Å². The van der Waals surface area contributed by atoms with Gasteiger partial charge in [0.15, 0.2) is 5.11 Å². The fourth-order valence-corrected chi connectivity index (χ4v) is 4.64. The molecule has 1 aliphatic heterocycles. The first-order valence-corrected chi connectivity index (χ1v) is 8.95. The molecule has 2 fully saturated rings. The van der Waals surface area contributed by atoms with Gasteiger partial charge in [-0.25, -0.2) is 5.43 Å². The fraction of sp³-hybridized carbons (Fsp3) is 0.500. The Bertz CT molecular complexity index is 757. The maximum absolute atomic E-state index is 12.9. The number of carbonyl (C=O) groups excluding carboxylic acids is 2. The molecule has 1 heterocycles. The molecule has 0 unspecified atom stereocenters. The Labute approximate surface area is 162 Å². The van der Waals surface area contributed by atoms with E-state index in [4.69, 9.17) is 21.7 Å². The third-order valence-corrected chi connectivity index (χ3v) is 5.59. The zero-order chi connectivity index (χ0) is 19.8. The first-order valence-electron chi connectivity index (χ1n) is 8.54. The quantitative estimate of drug-likeness (QED) is 0.422.